The number of carbonyl (C=O) groups is 1. The topological polar surface area (TPSA) is 50.2 Å². The van der Waals surface area contributed by atoms with Crippen LogP contribution in [-0.4, -0.2) is 46.0 Å². The van der Waals surface area contributed by atoms with Crippen molar-refractivity contribution >= 4 is 5.91 Å². The molecule has 1 aromatic heterocycles. The Labute approximate surface area is 188 Å². The highest BCUT2D eigenvalue weighted by Crippen LogP contribution is 2.28. The molecule has 0 saturated carbocycles. The Kier molecular flexibility index (Phi) is 5.81. The maximum Gasteiger partial charge on any atom is 0.272 e. The summed E-state index contributed by atoms with van der Waals surface area (Å²) >= 11 is 0. The maximum atomic E-state index is 13.7. The third kappa shape index (κ3) is 4.07. The molecule has 5 nitrogen and oxygen atoms in total. The average Bonchev–Trinajstić information content (AvgIpc) is 3.35. The summed E-state index contributed by atoms with van der Waals surface area (Å²) in [7, 11) is 0. The highest BCUT2D eigenvalue weighted by atomic mass is 16.2. The van der Waals surface area contributed by atoms with E-state index in [1.54, 1.807) is 12.5 Å². The van der Waals surface area contributed by atoms with Crippen LogP contribution in [0.4, 0.5) is 0 Å². The van der Waals surface area contributed by atoms with Crippen LogP contribution in [0.15, 0.2) is 97.5 Å². The van der Waals surface area contributed by atoms with Gasteiger partial charge in [-0.15, -0.1) is 0 Å². The average molecular weight is 423 g/mol. The summed E-state index contributed by atoms with van der Waals surface area (Å²) in [5.41, 5.74) is 4.96. The van der Waals surface area contributed by atoms with Gasteiger partial charge in [-0.25, -0.2) is 4.98 Å². The molecule has 2 heterocycles. The molecule has 160 valence electrons. The fourth-order valence-electron chi connectivity index (χ4n) is 4.43. The van der Waals surface area contributed by atoms with E-state index in [2.05, 4.69) is 40.6 Å². The summed E-state index contributed by atoms with van der Waals surface area (Å²) in [5, 5.41) is 3.45. The predicted octanol–water partition coefficient (Wildman–Crippen LogP) is 4.20. The number of para-hydroxylation sites is 1. The van der Waals surface area contributed by atoms with Gasteiger partial charge in [0.2, 0.25) is 0 Å². The molecule has 1 saturated heterocycles. The SMILES string of the molecule is O=C(c1cncn1-c1ccccc1-c1ccccc1)N1CCNC[C@H]1Cc1ccccc1. The van der Waals surface area contributed by atoms with E-state index in [-0.39, 0.29) is 11.9 Å². The van der Waals surface area contributed by atoms with Crippen molar-refractivity contribution in [3.8, 4) is 16.8 Å². The molecule has 0 spiro atoms. The molecule has 1 aliphatic heterocycles. The second kappa shape index (κ2) is 9.20. The molecule has 1 N–H and O–H groups in total. The highest BCUT2D eigenvalue weighted by molar-refractivity contribution is 5.94. The number of carbonyl (C=O) groups excluding carboxylic acids is 1. The number of nitrogens with zero attached hydrogens (tertiary/aromatic N) is 3. The summed E-state index contributed by atoms with van der Waals surface area (Å²) < 4.78 is 1.92. The van der Waals surface area contributed by atoms with Crippen molar-refractivity contribution in [2.45, 2.75) is 12.5 Å². The number of amides is 1. The zero-order valence-corrected chi connectivity index (χ0v) is 17.9. The Morgan fingerprint density at radius 1 is 0.938 bits per heavy atom. The van der Waals surface area contributed by atoms with E-state index in [1.807, 2.05) is 64.1 Å². The quantitative estimate of drug-likeness (QED) is 0.525. The molecule has 1 fully saturated rings. The Bertz CT molecular complexity index is 1190. The minimum Gasteiger partial charge on any atom is -0.331 e. The molecule has 0 radical (unpaired) electrons. The Balaban J connectivity index is 1.48. The van der Waals surface area contributed by atoms with Crippen molar-refractivity contribution in [1.82, 2.24) is 19.8 Å². The van der Waals surface area contributed by atoms with E-state index in [9.17, 15) is 4.79 Å². The molecule has 3 aromatic carbocycles. The lowest BCUT2D eigenvalue weighted by molar-refractivity contribution is 0.0627. The predicted molar refractivity (Wildman–Crippen MR) is 127 cm³/mol. The highest BCUT2D eigenvalue weighted by Gasteiger charge is 2.29. The number of imidazole rings is 1. The van der Waals surface area contributed by atoms with Crippen molar-refractivity contribution < 1.29 is 4.79 Å². The van der Waals surface area contributed by atoms with Crippen LogP contribution < -0.4 is 5.32 Å². The van der Waals surface area contributed by atoms with Gasteiger partial charge in [0.15, 0.2) is 0 Å². The van der Waals surface area contributed by atoms with Gasteiger partial charge in [-0.1, -0.05) is 78.9 Å². The molecule has 0 unspecified atom stereocenters. The molecular weight excluding hydrogens is 396 g/mol. The number of hydrogen-bond acceptors (Lipinski definition) is 3. The van der Waals surface area contributed by atoms with Crippen LogP contribution in [0.5, 0.6) is 0 Å². The molecule has 1 atom stereocenters. The number of hydrogen-bond donors (Lipinski definition) is 1. The first-order valence-corrected chi connectivity index (χ1v) is 11.0. The van der Waals surface area contributed by atoms with E-state index in [4.69, 9.17) is 0 Å². The van der Waals surface area contributed by atoms with Gasteiger partial charge in [-0.2, -0.15) is 0 Å². The largest absolute Gasteiger partial charge is 0.331 e. The van der Waals surface area contributed by atoms with Crippen molar-refractivity contribution in [2.75, 3.05) is 19.6 Å². The normalized spacial score (nSPS) is 16.1. The first-order valence-electron chi connectivity index (χ1n) is 11.0. The van der Waals surface area contributed by atoms with E-state index in [0.29, 0.717) is 12.2 Å². The van der Waals surface area contributed by atoms with E-state index in [1.165, 1.54) is 5.56 Å². The van der Waals surface area contributed by atoms with Crippen LogP contribution in [0.3, 0.4) is 0 Å². The maximum absolute atomic E-state index is 13.7. The van der Waals surface area contributed by atoms with Crippen molar-refractivity contribution in [2.24, 2.45) is 0 Å². The summed E-state index contributed by atoms with van der Waals surface area (Å²) in [4.78, 5) is 20.1. The molecule has 5 rings (SSSR count). The molecule has 5 heteroatoms. The van der Waals surface area contributed by atoms with Gasteiger partial charge in [-0.3, -0.25) is 9.36 Å². The third-order valence-electron chi connectivity index (χ3n) is 6.03. The fourth-order valence-corrected chi connectivity index (χ4v) is 4.43. The molecule has 1 amide bonds. The molecule has 4 aromatic rings. The molecule has 0 bridgehead atoms. The van der Waals surface area contributed by atoms with Crippen LogP contribution in [0.2, 0.25) is 0 Å². The Morgan fingerprint density at radius 3 is 2.47 bits per heavy atom. The van der Waals surface area contributed by atoms with Crippen molar-refractivity contribution in [3.63, 3.8) is 0 Å². The van der Waals surface area contributed by atoms with Gasteiger partial charge in [0.1, 0.15) is 5.69 Å². The van der Waals surface area contributed by atoms with Gasteiger partial charge in [0.25, 0.3) is 5.91 Å². The molecule has 32 heavy (non-hydrogen) atoms. The van der Waals surface area contributed by atoms with Crippen LogP contribution in [-0.2, 0) is 6.42 Å². The van der Waals surface area contributed by atoms with Gasteiger partial charge in [-0.05, 0) is 23.6 Å². The van der Waals surface area contributed by atoms with Gasteiger partial charge in [0, 0.05) is 31.2 Å². The van der Waals surface area contributed by atoms with E-state index >= 15 is 0 Å². The molecule has 1 aliphatic rings. The van der Waals surface area contributed by atoms with Crippen molar-refractivity contribution in [3.05, 3.63) is 109 Å². The smallest absolute Gasteiger partial charge is 0.272 e. The summed E-state index contributed by atoms with van der Waals surface area (Å²) in [6, 6.07) is 28.9. The molecular formula is C27H26N4O. The monoisotopic (exact) mass is 422 g/mol. The van der Waals surface area contributed by atoms with Crippen LogP contribution in [0.25, 0.3) is 16.8 Å². The first kappa shape index (κ1) is 20.2. The second-order valence-electron chi connectivity index (χ2n) is 8.08. The number of benzene rings is 3. The van der Waals surface area contributed by atoms with Crippen LogP contribution in [0.1, 0.15) is 16.1 Å². The number of aromatic nitrogens is 2. The van der Waals surface area contributed by atoms with Gasteiger partial charge in [0.05, 0.1) is 18.2 Å². The van der Waals surface area contributed by atoms with Crippen LogP contribution in [0, 0.1) is 0 Å². The van der Waals surface area contributed by atoms with Gasteiger partial charge >= 0.3 is 0 Å². The summed E-state index contributed by atoms with van der Waals surface area (Å²) in [6.07, 6.45) is 4.25. The lowest BCUT2D eigenvalue weighted by Gasteiger charge is -2.36. The fraction of sp³-hybridized carbons (Fsp3) is 0.185. The number of nitrogens with one attached hydrogen (secondary N) is 1. The number of piperazine rings is 1. The van der Waals surface area contributed by atoms with Crippen LogP contribution >= 0.6 is 0 Å². The van der Waals surface area contributed by atoms with Gasteiger partial charge < -0.3 is 10.2 Å². The number of rotatable bonds is 5. The minimum atomic E-state index is 0.0211. The lowest BCUT2D eigenvalue weighted by Crippen LogP contribution is -2.54. The second-order valence-corrected chi connectivity index (χ2v) is 8.08. The van der Waals surface area contributed by atoms with Crippen molar-refractivity contribution in [1.29, 1.82) is 0 Å². The molecule has 0 aliphatic carbocycles. The lowest BCUT2D eigenvalue weighted by atomic mass is 10.0. The van der Waals surface area contributed by atoms with E-state index in [0.717, 1.165) is 36.3 Å². The first-order chi connectivity index (χ1) is 15.8. The standard InChI is InChI=1S/C27H26N4O/c32-27(30-16-15-28-18-23(30)17-21-9-3-1-4-10-21)26-19-29-20-31(26)25-14-8-7-13-24(25)22-11-5-2-6-12-22/h1-14,19-20,23,28H,15-18H2/t23-/m1/s1. The van der Waals surface area contributed by atoms with E-state index < -0.39 is 0 Å². The third-order valence-corrected chi connectivity index (χ3v) is 6.03. The zero-order valence-electron chi connectivity index (χ0n) is 17.9. The Morgan fingerprint density at radius 2 is 1.66 bits per heavy atom. The summed E-state index contributed by atoms with van der Waals surface area (Å²) in [6.45, 7) is 2.27. The minimum absolute atomic E-state index is 0.0211. The Hall–Kier alpha value is -3.70. The summed E-state index contributed by atoms with van der Waals surface area (Å²) in [5.74, 6) is 0.0211. The zero-order chi connectivity index (χ0) is 21.8.